The van der Waals surface area contributed by atoms with Gasteiger partial charge in [0.1, 0.15) is 0 Å². The van der Waals surface area contributed by atoms with E-state index in [1.54, 1.807) is 26.4 Å². The number of para-hydroxylation sites is 2. The largest absolute Gasteiger partial charge is 0.493 e. The number of H-pyrrole nitrogens is 1. The first-order valence-corrected chi connectivity index (χ1v) is 9.80. The molecule has 2 N–H and O–H groups in total. The molecule has 0 saturated heterocycles. The fraction of sp³-hybridized carbons (Fsp3) is 0.174. The van der Waals surface area contributed by atoms with E-state index in [0.717, 1.165) is 22.0 Å². The standard InChI is InChI=1S/C23H21ClN2O4/c1-28-19-9-5-7-15(22(19)29-2)17(13-26-23(27)20-10-11-21(24)30-20)16-12-25-18-8-4-3-6-14(16)18/h3-12,17,25H,13H2,1-2H3,(H,26,27). The van der Waals surface area contributed by atoms with Crippen molar-refractivity contribution in [3.05, 3.63) is 82.9 Å². The summed E-state index contributed by atoms with van der Waals surface area (Å²) in [6.07, 6.45) is 1.96. The van der Waals surface area contributed by atoms with Gasteiger partial charge in [0.2, 0.25) is 0 Å². The fourth-order valence-electron chi connectivity index (χ4n) is 3.67. The lowest BCUT2D eigenvalue weighted by Crippen LogP contribution is -2.28. The van der Waals surface area contributed by atoms with Crippen LogP contribution in [0.15, 0.2) is 65.2 Å². The van der Waals surface area contributed by atoms with Crippen LogP contribution >= 0.6 is 11.6 Å². The quantitative estimate of drug-likeness (QED) is 0.438. The molecule has 0 bridgehead atoms. The first-order chi connectivity index (χ1) is 14.6. The Hall–Kier alpha value is -3.38. The Kier molecular flexibility index (Phi) is 5.68. The van der Waals surface area contributed by atoms with Crippen molar-refractivity contribution < 1.29 is 18.7 Å². The second kappa shape index (κ2) is 8.55. The maximum atomic E-state index is 12.6. The molecular formula is C23H21ClN2O4. The zero-order valence-corrected chi connectivity index (χ0v) is 17.3. The summed E-state index contributed by atoms with van der Waals surface area (Å²) in [4.78, 5) is 15.9. The van der Waals surface area contributed by atoms with E-state index in [-0.39, 0.29) is 22.8 Å². The van der Waals surface area contributed by atoms with Crippen molar-refractivity contribution >= 4 is 28.4 Å². The van der Waals surface area contributed by atoms with Crippen molar-refractivity contribution in [3.8, 4) is 11.5 Å². The summed E-state index contributed by atoms with van der Waals surface area (Å²) in [5, 5.41) is 4.19. The number of furan rings is 1. The monoisotopic (exact) mass is 424 g/mol. The average Bonchev–Trinajstić information content (AvgIpc) is 3.40. The van der Waals surface area contributed by atoms with Crippen LogP contribution in [0.5, 0.6) is 11.5 Å². The molecule has 0 aliphatic rings. The van der Waals surface area contributed by atoms with Crippen LogP contribution in [0.3, 0.4) is 0 Å². The third-order valence-corrected chi connectivity index (χ3v) is 5.27. The van der Waals surface area contributed by atoms with Gasteiger partial charge in [-0.15, -0.1) is 0 Å². The van der Waals surface area contributed by atoms with Gasteiger partial charge >= 0.3 is 0 Å². The lowest BCUT2D eigenvalue weighted by atomic mass is 9.89. The highest BCUT2D eigenvalue weighted by atomic mass is 35.5. The number of carbonyl (C=O) groups excluding carboxylic acids is 1. The highest BCUT2D eigenvalue weighted by Crippen LogP contribution is 2.40. The number of methoxy groups -OCH3 is 2. The van der Waals surface area contributed by atoms with Crippen LogP contribution in [-0.4, -0.2) is 31.7 Å². The molecule has 2 heterocycles. The molecule has 1 amide bonds. The fourth-order valence-corrected chi connectivity index (χ4v) is 3.82. The molecule has 1 unspecified atom stereocenters. The first-order valence-electron chi connectivity index (χ1n) is 9.42. The average molecular weight is 425 g/mol. The Labute approximate surface area is 178 Å². The van der Waals surface area contributed by atoms with E-state index in [1.807, 2.05) is 42.6 Å². The van der Waals surface area contributed by atoms with Crippen LogP contribution < -0.4 is 14.8 Å². The molecule has 2 aromatic carbocycles. The molecule has 1 atom stereocenters. The zero-order chi connectivity index (χ0) is 21.1. The maximum absolute atomic E-state index is 12.6. The summed E-state index contributed by atoms with van der Waals surface area (Å²) in [5.41, 5.74) is 2.96. The van der Waals surface area contributed by atoms with E-state index in [1.165, 1.54) is 0 Å². The molecule has 0 saturated carbocycles. The minimum Gasteiger partial charge on any atom is -0.493 e. The number of aromatic nitrogens is 1. The van der Waals surface area contributed by atoms with E-state index >= 15 is 0 Å². The minimum absolute atomic E-state index is 0.162. The van der Waals surface area contributed by atoms with Crippen molar-refractivity contribution in [1.82, 2.24) is 10.3 Å². The Morgan fingerprint density at radius 3 is 2.63 bits per heavy atom. The molecule has 4 rings (SSSR count). The van der Waals surface area contributed by atoms with Crippen molar-refractivity contribution in [2.24, 2.45) is 0 Å². The Balaban J connectivity index is 1.75. The van der Waals surface area contributed by atoms with Gasteiger partial charge in [-0.3, -0.25) is 4.79 Å². The van der Waals surface area contributed by atoms with Gasteiger partial charge in [0.05, 0.1) is 14.2 Å². The highest BCUT2D eigenvalue weighted by Gasteiger charge is 2.25. The number of amides is 1. The smallest absolute Gasteiger partial charge is 0.287 e. The molecule has 6 nitrogen and oxygen atoms in total. The summed E-state index contributed by atoms with van der Waals surface area (Å²) in [6, 6.07) is 16.9. The molecule has 0 fully saturated rings. The van der Waals surface area contributed by atoms with Gasteiger partial charge < -0.3 is 24.2 Å². The molecule has 0 aliphatic heterocycles. The van der Waals surface area contributed by atoms with E-state index in [0.29, 0.717) is 18.0 Å². The number of hydrogen-bond donors (Lipinski definition) is 2. The molecule has 2 aromatic heterocycles. The lowest BCUT2D eigenvalue weighted by Gasteiger charge is -2.21. The normalized spacial score (nSPS) is 12.0. The van der Waals surface area contributed by atoms with Crippen LogP contribution in [-0.2, 0) is 0 Å². The van der Waals surface area contributed by atoms with E-state index in [4.69, 9.17) is 25.5 Å². The van der Waals surface area contributed by atoms with Crippen molar-refractivity contribution in [2.75, 3.05) is 20.8 Å². The summed E-state index contributed by atoms with van der Waals surface area (Å²) < 4.78 is 16.4. The van der Waals surface area contributed by atoms with Crippen LogP contribution in [0.2, 0.25) is 5.22 Å². The second-order valence-electron chi connectivity index (χ2n) is 6.74. The number of aromatic amines is 1. The molecule has 0 radical (unpaired) electrons. The maximum Gasteiger partial charge on any atom is 0.287 e. The molecule has 154 valence electrons. The predicted octanol–water partition coefficient (Wildman–Crippen LogP) is 4.99. The number of halogens is 1. The van der Waals surface area contributed by atoms with Crippen molar-refractivity contribution in [3.63, 3.8) is 0 Å². The van der Waals surface area contributed by atoms with Crippen LogP contribution in [0.4, 0.5) is 0 Å². The number of nitrogens with one attached hydrogen (secondary N) is 2. The van der Waals surface area contributed by atoms with Gasteiger partial charge in [-0.25, -0.2) is 0 Å². The summed E-state index contributed by atoms with van der Waals surface area (Å²) in [5.74, 6) is 0.888. The molecular weight excluding hydrogens is 404 g/mol. The third kappa shape index (κ3) is 3.74. The Morgan fingerprint density at radius 1 is 1.07 bits per heavy atom. The molecule has 0 aliphatic carbocycles. The molecule has 30 heavy (non-hydrogen) atoms. The van der Waals surface area contributed by atoms with Crippen LogP contribution in [0.25, 0.3) is 10.9 Å². The first kappa shape index (κ1) is 19.9. The van der Waals surface area contributed by atoms with E-state index < -0.39 is 0 Å². The van der Waals surface area contributed by atoms with Gasteiger partial charge in [0.25, 0.3) is 5.91 Å². The molecule has 4 aromatic rings. The van der Waals surface area contributed by atoms with E-state index in [2.05, 4.69) is 16.4 Å². The Bertz CT molecular complexity index is 1180. The van der Waals surface area contributed by atoms with Gasteiger partial charge in [0, 0.05) is 35.1 Å². The van der Waals surface area contributed by atoms with Gasteiger partial charge in [-0.2, -0.15) is 0 Å². The number of ether oxygens (including phenoxy) is 2. The third-order valence-electron chi connectivity index (χ3n) is 5.07. The number of hydrogen-bond acceptors (Lipinski definition) is 4. The zero-order valence-electron chi connectivity index (χ0n) is 16.6. The summed E-state index contributed by atoms with van der Waals surface area (Å²) >= 11 is 5.80. The highest BCUT2D eigenvalue weighted by molar-refractivity contribution is 6.29. The van der Waals surface area contributed by atoms with E-state index in [9.17, 15) is 4.79 Å². The SMILES string of the molecule is COc1cccc(C(CNC(=O)c2ccc(Cl)o2)c2c[nH]c3ccccc23)c1OC. The van der Waals surface area contributed by atoms with Gasteiger partial charge in [-0.1, -0.05) is 30.3 Å². The second-order valence-corrected chi connectivity index (χ2v) is 7.11. The topological polar surface area (TPSA) is 76.5 Å². The number of fused-ring (bicyclic) bond motifs is 1. The number of carbonyl (C=O) groups is 1. The minimum atomic E-state index is -0.339. The molecule has 7 heteroatoms. The summed E-state index contributed by atoms with van der Waals surface area (Å²) in [6.45, 7) is 0.322. The van der Waals surface area contributed by atoms with Crippen LogP contribution in [0.1, 0.15) is 27.6 Å². The predicted molar refractivity (Wildman–Crippen MR) is 116 cm³/mol. The van der Waals surface area contributed by atoms with Crippen LogP contribution in [0, 0.1) is 0 Å². The van der Waals surface area contributed by atoms with Crippen molar-refractivity contribution in [2.45, 2.75) is 5.92 Å². The lowest BCUT2D eigenvalue weighted by molar-refractivity contribution is 0.0924. The Morgan fingerprint density at radius 2 is 1.90 bits per heavy atom. The number of rotatable bonds is 7. The van der Waals surface area contributed by atoms with Gasteiger partial charge in [0.15, 0.2) is 22.5 Å². The number of benzene rings is 2. The summed E-state index contributed by atoms with van der Waals surface area (Å²) in [7, 11) is 3.21. The van der Waals surface area contributed by atoms with Gasteiger partial charge in [-0.05, 0) is 41.4 Å². The van der Waals surface area contributed by atoms with Crippen molar-refractivity contribution in [1.29, 1.82) is 0 Å². The molecule has 0 spiro atoms.